The second kappa shape index (κ2) is 11.7. The standard InChI is InChI=1S/C28H28N2O6/c31-18-24(36-26(19-32)30-17-16-25(33)29-27(30)34)20-35-28(21-10-4-1-5-11-21,22-12-6-2-7-13-22)23-14-8-3-9-15-23/h1-17,24,26,31-32H,18-20H2,(H,29,33,34). The molecule has 8 nitrogen and oxygen atoms in total. The van der Waals surface area contributed by atoms with Crippen molar-refractivity contribution >= 4 is 0 Å². The van der Waals surface area contributed by atoms with Crippen LogP contribution in [0.25, 0.3) is 0 Å². The number of H-pyrrole nitrogens is 1. The lowest BCUT2D eigenvalue weighted by atomic mass is 9.80. The van der Waals surface area contributed by atoms with Crippen molar-refractivity contribution in [3.63, 3.8) is 0 Å². The monoisotopic (exact) mass is 488 g/mol. The zero-order chi connectivity index (χ0) is 25.4. The van der Waals surface area contributed by atoms with Crippen molar-refractivity contribution in [1.29, 1.82) is 0 Å². The summed E-state index contributed by atoms with van der Waals surface area (Å²) < 4.78 is 13.6. The molecule has 0 aliphatic rings. The topological polar surface area (TPSA) is 114 Å². The first-order chi connectivity index (χ1) is 17.6. The van der Waals surface area contributed by atoms with Gasteiger partial charge in [-0.1, -0.05) is 91.0 Å². The smallest absolute Gasteiger partial charge is 0.330 e. The minimum absolute atomic E-state index is 0.0657. The summed E-state index contributed by atoms with van der Waals surface area (Å²) in [5.74, 6) is 0. The van der Waals surface area contributed by atoms with Crippen LogP contribution in [0, 0.1) is 0 Å². The number of nitrogens with zero attached hydrogens (tertiary/aromatic N) is 1. The van der Waals surface area contributed by atoms with Crippen LogP contribution in [0.15, 0.2) is 113 Å². The molecule has 0 aliphatic heterocycles. The molecule has 2 atom stereocenters. The van der Waals surface area contributed by atoms with Crippen LogP contribution in [-0.4, -0.2) is 45.7 Å². The number of aliphatic hydroxyl groups is 2. The number of aromatic nitrogens is 2. The highest BCUT2D eigenvalue weighted by Gasteiger charge is 2.38. The molecule has 0 saturated carbocycles. The van der Waals surface area contributed by atoms with E-state index in [9.17, 15) is 19.8 Å². The molecular weight excluding hydrogens is 460 g/mol. The van der Waals surface area contributed by atoms with Gasteiger partial charge in [0.25, 0.3) is 5.56 Å². The Morgan fingerprint density at radius 2 is 1.25 bits per heavy atom. The third-order valence-corrected chi connectivity index (χ3v) is 5.90. The van der Waals surface area contributed by atoms with E-state index in [1.165, 1.54) is 6.20 Å². The van der Waals surface area contributed by atoms with E-state index in [1.54, 1.807) is 0 Å². The Hall–Kier alpha value is -3.82. The van der Waals surface area contributed by atoms with Gasteiger partial charge in [-0.2, -0.15) is 0 Å². The summed E-state index contributed by atoms with van der Waals surface area (Å²) in [6.45, 7) is -1.05. The van der Waals surface area contributed by atoms with Gasteiger partial charge in [-0.3, -0.25) is 14.3 Å². The normalized spacial score (nSPS) is 13.3. The summed E-state index contributed by atoms with van der Waals surface area (Å²) in [5, 5.41) is 20.0. The van der Waals surface area contributed by atoms with E-state index in [4.69, 9.17) is 9.47 Å². The van der Waals surface area contributed by atoms with Gasteiger partial charge >= 0.3 is 5.69 Å². The van der Waals surface area contributed by atoms with E-state index in [0.717, 1.165) is 27.3 Å². The van der Waals surface area contributed by atoms with E-state index < -0.39 is 42.4 Å². The maximum absolute atomic E-state index is 12.2. The van der Waals surface area contributed by atoms with E-state index in [2.05, 4.69) is 4.98 Å². The fourth-order valence-corrected chi connectivity index (χ4v) is 4.19. The summed E-state index contributed by atoms with van der Waals surface area (Å²) >= 11 is 0. The van der Waals surface area contributed by atoms with Crippen LogP contribution < -0.4 is 11.2 Å². The molecule has 0 bridgehead atoms. The zero-order valence-electron chi connectivity index (χ0n) is 19.6. The molecule has 1 aromatic heterocycles. The third-order valence-electron chi connectivity index (χ3n) is 5.90. The average Bonchev–Trinajstić information content (AvgIpc) is 2.93. The number of benzene rings is 3. The van der Waals surface area contributed by atoms with Gasteiger partial charge in [-0.05, 0) is 16.7 Å². The first-order valence-corrected chi connectivity index (χ1v) is 11.6. The molecule has 8 heteroatoms. The van der Waals surface area contributed by atoms with Crippen molar-refractivity contribution in [2.24, 2.45) is 0 Å². The molecule has 2 unspecified atom stereocenters. The molecule has 0 saturated heterocycles. The van der Waals surface area contributed by atoms with Crippen molar-refractivity contribution in [1.82, 2.24) is 9.55 Å². The summed E-state index contributed by atoms with van der Waals surface area (Å²) in [4.78, 5) is 25.8. The van der Waals surface area contributed by atoms with E-state index >= 15 is 0 Å². The number of nitrogens with one attached hydrogen (secondary N) is 1. The number of aliphatic hydroxyl groups excluding tert-OH is 2. The highest BCUT2D eigenvalue weighted by molar-refractivity contribution is 5.47. The Labute approximate surface area is 208 Å². The molecule has 0 fully saturated rings. The van der Waals surface area contributed by atoms with Gasteiger partial charge in [-0.25, -0.2) is 4.79 Å². The van der Waals surface area contributed by atoms with Gasteiger partial charge in [0.05, 0.1) is 19.8 Å². The molecule has 186 valence electrons. The Morgan fingerprint density at radius 3 is 1.67 bits per heavy atom. The van der Waals surface area contributed by atoms with Gasteiger partial charge in [0.15, 0.2) is 6.23 Å². The molecule has 0 amide bonds. The average molecular weight is 489 g/mol. The van der Waals surface area contributed by atoms with Crippen LogP contribution >= 0.6 is 0 Å². The van der Waals surface area contributed by atoms with Crippen LogP contribution in [0.4, 0.5) is 0 Å². The van der Waals surface area contributed by atoms with Gasteiger partial charge in [0.1, 0.15) is 11.7 Å². The van der Waals surface area contributed by atoms with Gasteiger partial charge in [0.2, 0.25) is 0 Å². The summed E-state index contributed by atoms with van der Waals surface area (Å²) in [7, 11) is 0. The van der Waals surface area contributed by atoms with E-state index in [0.29, 0.717) is 0 Å². The minimum atomic E-state index is -1.13. The van der Waals surface area contributed by atoms with Crippen molar-refractivity contribution in [3.8, 4) is 0 Å². The SMILES string of the molecule is O=c1ccn(C(CO)OC(CO)COC(c2ccccc2)(c2ccccc2)c2ccccc2)c(=O)[nH]1. The molecule has 0 radical (unpaired) electrons. The maximum Gasteiger partial charge on any atom is 0.330 e. The Balaban J connectivity index is 1.70. The largest absolute Gasteiger partial charge is 0.394 e. The van der Waals surface area contributed by atoms with Gasteiger partial charge in [-0.15, -0.1) is 0 Å². The van der Waals surface area contributed by atoms with Crippen LogP contribution in [-0.2, 0) is 15.1 Å². The second-order valence-electron chi connectivity index (χ2n) is 8.19. The van der Waals surface area contributed by atoms with Crippen molar-refractivity contribution < 1.29 is 19.7 Å². The fraction of sp³-hybridized carbons (Fsp3) is 0.214. The number of aromatic amines is 1. The first-order valence-electron chi connectivity index (χ1n) is 11.6. The van der Waals surface area contributed by atoms with Crippen molar-refractivity contribution in [2.45, 2.75) is 17.9 Å². The van der Waals surface area contributed by atoms with Crippen LogP contribution in [0.1, 0.15) is 22.9 Å². The zero-order valence-corrected chi connectivity index (χ0v) is 19.6. The summed E-state index contributed by atoms with van der Waals surface area (Å²) in [6.07, 6.45) is -0.786. The number of ether oxygens (including phenoxy) is 2. The number of hydrogen-bond acceptors (Lipinski definition) is 6. The lowest BCUT2D eigenvalue weighted by Gasteiger charge is -2.37. The van der Waals surface area contributed by atoms with Crippen LogP contribution in [0.2, 0.25) is 0 Å². The summed E-state index contributed by atoms with van der Waals surface area (Å²) in [5.41, 5.74) is 0.336. The Bertz CT molecular complexity index is 1240. The first kappa shape index (κ1) is 25.3. The summed E-state index contributed by atoms with van der Waals surface area (Å²) in [6, 6.07) is 30.4. The molecule has 1 heterocycles. The Kier molecular flexibility index (Phi) is 8.24. The molecule has 36 heavy (non-hydrogen) atoms. The molecule has 3 N–H and O–H groups in total. The fourth-order valence-electron chi connectivity index (χ4n) is 4.19. The quantitative estimate of drug-likeness (QED) is 0.280. The van der Waals surface area contributed by atoms with Crippen LogP contribution in [0.3, 0.4) is 0 Å². The van der Waals surface area contributed by atoms with E-state index in [1.807, 2.05) is 91.0 Å². The second-order valence-corrected chi connectivity index (χ2v) is 8.19. The lowest BCUT2D eigenvalue weighted by Crippen LogP contribution is -2.40. The Morgan fingerprint density at radius 1 is 0.750 bits per heavy atom. The van der Waals surface area contributed by atoms with Gasteiger partial charge in [0, 0.05) is 12.3 Å². The number of hydrogen-bond donors (Lipinski definition) is 3. The molecule has 0 aliphatic carbocycles. The molecule has 0 spiro atoms. The minimum Gasteiger partial charge on any atom is -0.394 e. The maximum atomic E-state index is 12.2. The predicted molar refractivity (Wildman–Crippen MR) is 135 cm³/mol. The van der Waals surface area contributed by atoms with Gasteiger partial charge < -0.3 is 19.7 Å². The third kappa shape index (κ3) is 5.37. The molecule has 4 rings (SSSR count). The molecule has 4 aromatic rings. The highest BCUT2D eigenvalue weighted by atomic mass is 16.6. The van der Waals surface area contributed by atoms with Crippen LogP contribution in [0.5, 0.6) is 0 Å². The predicted octanol–water partition coefficient (Wildman–Crippen LogP) is 2.41. The van der Waals surface area contributed by atoms with E-state index in [-0.39, 0.29) is 6.61 Å². The molecular formula is C28H28N2O6. The highest BCUT2D eigenvalue weighted by Crippen LogP contribution is 2.40. The van der Waals surface area contributed by atoms with Crippen molar-refractivity contribution in [3.05, 3.63) is 141 Å². The molecule has 3 aromatic carbocycles. The van der Waals surface area contributed by atoms with Crippen molar-refractivity contribution in [2.75, 3.05) is 19.8 Å². The lowest BCUT2D eigenvalue weighted by molar-refractivity contribution is -0.139. The number of rotatable bonds is 11.